The maximum absolute atomic E-state index is 11.9. The summed E-state index contributed by atoms with van der Waals surface area (Å²) in [6, 6.07) is 0. The minimum absolute atomic E-state index is 0.112. The Balaban J connectivity index is 5.31. The number of ketones is 1. The highest BCUT2D eigenvalue weighted by Crippen LogP contribution is 2.14. The van der Waals surface area contributed by atoms with E-state index in [2.05, 4.69) is 19.7 Å². The molecule has 0 unspecified atom stereocenters. The predicted octanol–water partition coefficient (Wildman–Crippen LogP) is 3.43. The summed E-state index contributed by atoms with van der Waals surface area (Å²) in [4.78, 5) is 11.9. The first-order valence-electron chi connectivity index (χ1n) is 4.80. The Labute approximate surface area is 96.3 Å². The van der Waals surface area contributed by atoms with Crippen molar-refractivity contribution < 1.29 is 9.90 Å². The Morgan fingerprint density at radius 3 is 2.06 bits per heavy atom. The number of aliphatic hydroxyl groups is 1. The monoisotopic (exact) mass is 216 g/mol. The first kappa shape index (κ1) is 13.9. The van der Waals surface area contributed by atoms with Crippen molar-refractivity contribution in [3.63, 3.8) is 0 Å². The lowest BCUT2D eigenvalue weighted by atomic mass is 10.0. The van der Waals surface area contributed by atoms with Crippen molar-refractivity contribution in [2.24, 2.45) is 0 Å². The highest BCUT2D eigenvalue weighted by atomic mass is 16.3. The minimum atomic E-state index is -0.298. The summed E-state index contributed by atoms with van der Waals surface area (Å²) in [7, 11) is 0. The van der Waals surface area contributed by atoms with Gasteiger partial charge in [0.25, 0.3) is 0 Å². The number of carbonyl (C=O) groups is 1. The third-order valence-electron chi connectivity index (χ3n) is 1.86. The molecule has 0 rings (SSSR count). The van der Waals surface area contributed by atoms with Crippen LogP contribution in [0.4, 0.5) is 0 Å². The van der Waals surface area contributed by atoms with Gasteiger partial charge in [-0.15, -0.1) is 0 Å². The highest BCUT2D eigenvalue weighted by Gasteiger charge is 2.14. The molecule has 0 saturated heterocycles. The molecule has 0 aliphatic carbocycles. The molecule has 0 spiro atoms. The standard InChI is InChI=1S/C14H16O2/c1-5-9-11(7-3)14(16)12(8-4)13(15)10-6-2/h5-10,15H,1-3H2,4H3/b11-9+,12-8+,13-10+. The van der Waals surface area contributed by atoms with E-state index in [0.717, 1.165) is 0 Å². The van der Waals surface area contributed by atoms with Crippen LogP contribution < -0.4 is 0 Å². The van der Waals surface area contributed by atoms with Gasteiger partial charge in [0.05, 0.1) is 5.57 Å². The van der Waals surface area contributed by atoms with E-state index < -0.39 is 0 Å². The Morgan fingerprint density at radius 1 is 1.12 bits per heavy atom. The van der Waals surface area contributed by atoms with Gasteiger partial charge in [-0.25, -0.2) is 0 Å². The minimum Gasteiger partial charge on any atom is -0.507 e. The van der Waals surface area contributed by atoms with Crippen molar-refractivity contribution in [3.8, 4) is 0 Å². The number of aliphatic hydroxyl groups excluding tert-OH is 1. The molecular weight excluding hydrogens is 200 g/mol. The lowest BCUT2D eigenvalue weighted by molar-refractivity contribution is -0.112. The fourth-order valence-electron chi connectivity index (χ4n) is 1.12. The van der Waals surface area contributed by atoms with Crippen LogP contribution in [-0.4, -0.2) is 10.9 Å². The first-order valence-corrected chi connectivity index (χ1v) is 4.80. The Hall–Kier alpha value is -2.09. The van der Waals surface area contributed by atoms with Gasteiger partial charge in [0.15, 0.2) is 5.78 Å². The second kappa shape index (κ2) is 7.23. The number of allylic oxidation sites excluding steroid dienone is 8. The number of Topliss-reactive ketones (excluding diaryl/α,β-unsaturated/α-hetero) is 1. The topological polar surface area (TPSA) is 37.3 Å². The van der Waals surface area contributed by atoms with E-state index >= 15 is 0 Å². The van der Waals surface area contributed by atoms with Gasteiger partial charge in [0.1, 0.15) is 5.76 Å². The number of rotatable bonds is 6. The molecule has 0 amide bonds. The SMILES string of the molecule is C=C/C=C(\C=C)C(=O)C(=C/C)/C(O)=C\C=C. The summed E-state index contributed by atoms with van der Waals surface area (Å²) >= 11 is 0. The van der Waals surface area contributed by atoms with Gasteiger partial charge in [0.2, 0.25) is 0 Å². The average molecular weight is 216 g/mol. The molecule has 0 aromatic heterocycles. The Bertz CT molecular complexity index is 393. The van der Waals surface area contributed by atoms with Crippen LogP contribution >= 0.6 is 0 Å². The van der Waals surface area contributed by atoms with Crippen LogP contribution in [0.1, 0.15) is 6.92 Å². The third kappa shape index (κ3) is 3.58. The number of hydrogen-bond donors (Lipinski definition) is 1. The van der Waals surface area contributed by atoms with E-state index in [1.807, 2.05) is 0 Å². The molecule has 2 heteroatoms. The quantitative estimate of drug-likeness (QED) is 0.419. The predicted molar refractivity (Wildman–Crippen MR) is 68.1 cm³/mol. The number of hydrogen-bond acceptors (Lipinski definition) is 2. The highest BCUT2D eigenvalue weighted by molar-refractivity contribution is 6.12. The van der Waals surface area contributed by atoms with Crippen molar-refractivity contribution in [1.29, 1.82) is 0 Å². The maximum Gasteiger partial charge on any atom is 0.196 e. The Morgan fingerprint density at radius 2 is 1.69 bits per heavy atom. The fourth-order valence-corrected chi connectivity index (χ4v) is 1.12. The molecule has 0 radical (unpaired) electrons. The van der Waals surface area contributed by atoms with Gasteiger partial charge in [-0.05, 0) is 13.0 Å². The smallest absolute Gasteiger partial charge is 0.196 e. The summed E-state index contributed by atoms with van der Waals surface area (Å²) in [5, 5.41) is 9.61. The molecule has 0 fully saturated rings. The summed E-state index contributed by atoms with van der Waals surface area (Å²) < 4.78 is 0. The van der Waals surface area contributed by atoms with Gasteiger partial charge in [-0.2, -0.15) is 0 Å². The largest absolute Gasteiger partial charge is 0.507 e. The van der Waals surface area contributed by atoms with Gasteiger partial charge >= 0.3 is 0 Å². The summed E-state index contributed by atoms with van der Waals surface area (Å²) in [5.41, 5.74) is 0.597. The van der Waals surface area contributed by atoms with Crippen molar-refractivity contribution >= 4 is 5.78 Å². The van der Waals surface area contributed by atoms with Crippen molar-refractivity contribution in [2.45, 2.75) is 6.92 Å². The van der Waals surface area contributed by atoms with Gasteiger partial charge in [-0.1, -0.05) is 50.1 Å². The second-order valence-electron chi connectivity index (χ2n) is 2.88. The molecule has 0 saturated carbocycles. The van der Waals surface area contributed by atoms with Crippen LogP contribution in [0.15, 0.2) is 73.1 Å². The van der Waals surface area contributed by atoms with E-state index in [9.17, 15) is 9.90 Å². The molecule has 0 aromatic carbocycles. The third-order valence-corrected chi connectivity index (χ3v) is 1.86. The normalized spacial score (nSPS) is 13.2. The van der Waals surface area contributed by atoms with E-state index in [-0.39, 0.29) is 17.1 Å². The van der Waals surface area contributed by atoms with Crippen molar-refractivity contribution in [3.05, 3.63) is 73.1 Å². The van der Waals surface area contributed by atoms with Crippen molar-refractivity contribution in [2.75, 3.05) is 0 Å². The molecule has 16 heavy (non-hydrogen) atoms. The summed E-state index contributed by atoms with van der Waals surface area (Å²) in [6.07, 6.45) is 8.78. The number of carbonyl (C=O) groups excluding carboxylic acids is 1. The van der Waals surface area contributed by atoms with Crippen LogP contribution in [0, 0.1) is 0 Å². The fraction of sp³-hybridized carbons (Fsp3) is 0.0714. The van der Waals surface area contributed by atoms with Crippen LogP contribution in [-0.2, 0) is 4.79 Å². The molecule has 0 aliphatic rings. The zero-order chi connectivity index (χ0) is 12.6. The van der Waals surface area contributed by atoms with Gasteiger partial charge < -0.3 is 5.11 Å². The lowest BCUT2D eigenvalue weighted by Gasteiger charge is -2.05. The molecule has 0 aromatic rings. The van der Waals surface area contributed by atoms with E-state index in [4.69, 9.17) is 0 Å². The second-order valence-corrected chi connectivity index (χ2v) is 2.88. The molecular formula is C14H16O2. The van der Waals surface area contributed by atoms with E-state index in [1.165, 1.54) is 30.4 Å². The maximum atomic E-state index is 11.9. The Kier molecular flexibility index (Phi) is 6.29. The molecule has 2 nitrogen and oxygen atoms in total. The van der Waals surface area contributed by atoms with Crippen molar-refractivity contribution in [1.82, 2.24) is 0 Å². The van der Waals surface area contributed by atoms with E-state index in [0.29, 0.717) is 5.57 Å². The van der Waals surface area contributed by atoms with Crippen LogP contribution in [0.3, 0.4) is 0 Å². The zero-order valence-electron chi connectivity index (χ0n) is 9.44. The lowest BCUT2D eigenvalue weighted by Crippen LogP contribution is -2.07. The zero-order valence-corrected chi connectivity index (χ0v) is 9.44. The van der Waals surface area contributed by atoms with Crippen LogP contribution in [0.2, 0.25) is 0 Å². The molecule has 0 atom stereocenters. The average Bonchev–Trinajstić information content (AvgIpc) is 2.27. The molecule has 1 N–H and O–H groups in total. The van der Waals surface area contributed by atoms with Gasteiger partial charge in [-0.3, -0.25) is 4.79 Å². The van der Waals surface area contributed by atoms with Gasteiger partial charge in [0, 0.05) is 5.57 Å². The molecule has 84 valence electrons. The summed E-state index contributed by atoms with van der Waals surface area (Å²) in [6.45, 7) is 12.2. The summed E-state index contributed by atoms with van der Waals surface area (Å²) in [5.74, 6) is -0.410. The first-order chi connectivity index (χ1) is 7.62. The van der Waals surface area contributed by atoms with Crippen LogP contribution in [0.25, 0.3) is 0 Å². The molecule has 0 aliphatic heterocycles. The van der Waals surface area contributed by atoms with E-state index in [1.54, 1.807) is 13.0 Å². The van der Waals surface area contributed by atoms with Crippen LogP contribution in [0.5, 0.6) is 0 Å². The molecule has 0 bridgehead atoms. The molecule has 0 heterocycles.